The number of likely N-dealkylation sites (tertiary alicyclic amines) is 1. The highest BCUT2D eigenvalue weighted by Crippen LogP contribution is 2.21. The molecule has 1 N–H and O–H groups in total. The fourth-order valence-corrected chi connectivity index (χ4v) is 4.10. The first kappa shape index (κ1) is 20.9. The standard InChI is InChI=1S/C21H31N5OS/c1-3-17(2)22-20(27)16-28-21-24-23-19(15-25-12-8-5-9-13-25)26(21)14-18-10-6-4-7-11-18/h4,6-7,10-11,17H,3,5,8-9,12-16H2,1-2H3,(H,22,27). The maximum atomic E-state index is 12.2. The molecule has 1 atom stereocenters. The van der Waals surface area contributed by atoms with Crippen LogP contribution in [0.5, 0.6) is 0 Å². The Labute approximate surface area is 172 Å². The monoisotopic (exact) mass is 401 g/mol. The highest BCUT2D eigenvalue weighted by atomic mass is 32.2. The van der Waals surface area contributed by atoms with E-state index in [0.29, 0.717) is 5.75 Å². The van der Waals surface area contributed by atoms with E-state index in [1.54, 1.807) is 0 Å². The summed E-state index contributed by atoms with van der Waals surface area (Å²) in [6.07, 6.45) is 4.76. The van der Waals surface area contributed by atoms with E-state index < -0.39 is 0 Å². The number of thioether (sulfide) groups is 1. The quantitative estimate of drug-likeness (QED) is 0.653. The number of carbonyl (C=O) groups excluding carboxylic acids is 1. The second-order valence-electron chi connectivity index (χ2n) is 7.47. The number of nitrogens with one attached hydrogen (secondary N) is 1. The second-order valence-corrected chi connectivity index (χ2v) is 8.42. The molecule has 1 fully saturated rings. The van der Waals surface area contributed by atoms with Crippen LogP contribution in [-0.4, -0.2) is 50.5 Å². The third-order valence-electron chi connectivity index (χ3n) is 5.14. The summed E-state index contributed by atoms with van der Waals surface area (Å²) in [4.78, 5) is 14.6. The van der Waals surface area contributed by atoms with Crippen LogP contribution in [0.25, 0.3) is 0 Å². The van der Waals surface area contributed by atoms with E-state index >= 15 is 0 Å². The Morgan fingerprint density at radius 2 is 1.89 bits per heavy atom. The van der Waals surface area contributed by atoms with Crippen molar-refractivity contribution < 1.29 is 4.79 Å². The molecule has 3 rings (SSSR count). The largest absolute Gasteiger partial charge is 0.353 e. The van der Waals surface area contributed by atoms with Crippen LogP contribution in [0.1, 0.15) is 50.9 Å². The molecule has 1 amide bonds. The van der Waals surface area contributed by atoms with Crippen LogP contribution in [0.4, 0.5) is 0 Å². The van der Waals surface area contributed by atoms with E-state index in [0.717, 1.165) is 43.6 Å². The summed E-state index contributed by atoms with van der Waals surface area (Å²) >= 11 is 1.47. The fourth-order valence-electron chi connectivity index (χ4n) is 3.33. The van der Waals surface area contributed by atoms with Gasteiger partial charge < -0.3 is 9.88 Å². The summed E-state index contributed by atoms with van der Waals surface area (Å²) < 4.78 is 2.17. The Bertz CT molecular complexity index is 743. The predicted molar refractivity (Wildman–Crippen MR) is 113 cm³/mol. The summed E-state index contributed by atoms with van der Waals surface area (Å²) in [6.45, 7) is 7.89. The van der Waals surface area contributed by atoms with Crippen LogP contribution in [0.15, 0.2) is 35.5 Å². The minimum atomic E-state index is 0.0474. The van der Waals surface area contributed by atoms with Crippen LogP contribution in [0.2, 0.25) is 0 Å². The normalized spacial score (nSPS) is 16.1. The predicted octanol–water partition coefficient (Wildman–Crippen LogP) is 3.32. The number of piperidine rings is 1. The van der Waals surface area contributed by atoms with Gasteiger partial charge in [-0.15, -0.1) is 10.2 Å². The molecule has 28 heavy (non-hydrogen) atoms. The maximum Gasteiger partial charge on any atom is 0.230 e. The minimum absolute atomic E-state index is 0.0474. The molecule has 1 saturated heterocycles. The Kier molecular flexibility index (Phi) is 7.91. The SMILES string of the molecule is CCC(C)NC(=O)CSc1nnc(CN2CCCCC2)n1Cc1ccccc1. The topological polar surface area (TPSA) is 63.1 Å². The molecule has 0 aliphatic carbocycles. The number of carbonyl (C=O) groups is 1. The van der Waals surface area contributed by atoms with Crippen molar-refractivity contribution in [1.29, 1.82) is 0 Å². The first-order valence-electron chi connectivity index (χ1n) is 10.3. The zero-order valence-electron chi connectivity index (χ0n) is 16.9. The van der Waals surface area contributed by atoms with E-state index in [9.17, 15) is 4.79 Å². The molecule has 0 spiro atoms. The van der Waals surface area contributed by atoms with Crippen LogP contribution in [0.3, 0.4) is 0 Å². The van der Waals surface area contributed by atoms with Crippen LogP contribution < -0.4 is 5.32 Å². The molecule has 6 nitrogen and oxygen atoms in total. The van der Waals surface area contributed by atoms with Crippen molar-refractivity contribution in [1.82, 2.24) is 25.0 Å². The summed E-state index contributed by atoms with van der Waals surface area (Å²) in [7, 11) is 0. The van der Waals surface area contributed by atoms with Crippen LogP contribution in [-0.2, 0) is 17.9 Å². The van der Waals surface area contributed by atoms with Crippen molar-refractivity contribution in [2.45, 2.75) is 63.8 Å². The molecule has 1 aliphatic heterocycles. The number of hydrogen-bond donors (Lipinski definition) is 1. The molecule has 1 aromatic heterocycles. The second kappa shape index (κ2) is 10.6. The van der Waals surface area contributed by atoms with E-state index in [-0.39, 0.29) is 11.9 Å². The zero-order chi connectivity index (χ0) is 19.8. The molecule has 2 heterocycles. The van der Waals surface area contributed by atoms with Crippen LogP contribution >= 0.6 is 11.8 Å². The van der Waals surface area contributed by atoms with Gasteiger partial charge in [-0.05, 0) is 44.8 Å². The summed E-state index contributed by atoms with van der Waals surface area (Å²) in [5.41, 5.74) is 1.22. The van der Waals surface area contributed by atoms with E-state index in [2.05, 4.69) is 56.2 Å². The minimum Gasteiger partial charge on any atom is -0.353 e. The molecule has 7 heteroatoms. The lowest BCUT2D eigenvalue weighted by Gasteiger charge is -2.26. The average Bonchev–Trinajstić information content (AvgIpc) is 3.09. The molecule has 0 bridgehead atoms. The van der Waals surface area contributed by atoms with E-state index in [1.165, 1.54) is 36.6 Å². The van der Waals surface area contributed by atoms with Crippen molar-refractivity contribution in [3.8, 4) is 0 Å². The van der Waals surface area contributed by atoms with Crippen molar-refractivity contribution in [3.05, 3.63) is 41.7 Å². The third kappa shape index (κ3) is 6.07. The average molecular weight is 402 g/mol. The molecule has 2 aromatic rings. The van der Waals surface area contributed by atoms with Gasteiger partial charge in [0.15, 0.2) is 5.16 Å². The van der Waals surface area contributed by atoms with E-state index in [4.69, 9.17) is 0 Å². The Morgan fingerprint density at radius 1 is 1.14 bits per heavy atom. The van der Waals surface area contributed by atoms with Crippen molar-refractivity contribution in [3.63, 3.8) is 0 Å². The lowest BCUT2D eigenvalue weighted by molar-refractivity contribution is -0.119. The number of nitrogens with zero attached hydrogens (tertiary/aromatic N) is 4. The molecular formula is C21H31N5OS. The number of hydrogen-bond acceptors (Lipinski definition) is 5. The summed E-state index contributed by atoms with van der Waals surface area (Å²) in [6, 6.07) is 10.6. The first-order valence-corrected chi connectivity index (χ1v) is 11.2. The number of aromatic nitrogens is 3. The van der Waals surface area contributed by atoms with Gasteiger partial charge in [-0.25, -0.2) is 0 Å². The van der Waals surface area contributed by atoms with Crippen LogP contribution in [0, 0.1) is 0 Å². The number of benzene rings is 1. The van der Waals surface area contributed by atoms with Gasteiger partial charge in [-0.3, -0.25) is 9.69 Å². The first-order chi connectivity index (χ1) is 13.7. The molecule has 1 aliphatic rings. The highest BCUT2D eigenvalue weighted by molar-refractivity contribution is 7.99. The lowest BCUT2D eigenvalue weighted by Crippen LogP contribution is -2.33. The van der Waals surface area contributed by atoms with Gasteiger partial charge >= 0.3 is 0 Å². The number of rotatable bonds is 9. The van der Waals surface area contributed by atoms with Crippen molar-refractivity contribution in [2.24, 2.45) is 0 Å². The summed E-state index contributed by atoms with van der Waals surface area (Å²) in [5.74, 6) is 1.39. The molecule has 152 valence electrons. The van der Waals surface area contributed by atoms with Gasteiger partial charge in [-0.2, -0.15) is 0 Å². The van der Waals surface area contributed by atoms with Gasteiger partial charge in [0.25, 0.3) is 0 Å². The third-order valence-corrected chi connectivity index (χ3v) is 6.11. The van der Waals surface area contributed by atoms with Gasteiger partial charge in [-0.1, -0.05) is 55.4 Å². The van der Waals surface area contributed by atoms with Gasteiger partial charge in [0.1, 0.15) is 5.82 Å². The Morgan fingerprint density at radius 3 is 2.61 bits per heavy atom. The molecule has 1 unspecified atom stereocenters. The smallest absolute Gasteiger partial charge is 0.230 e. The number of amides is 1. The summed E-state index contributed by atoms with van der Waals surface area (Å²) in [5, 5.41) is 12.7. The zero-order valence-corrected chi connectivity index (χ0v) is 17.7. The Hall–Kier alpha value is -1.86. The maximum absolute atomic E-state index is 12.2. The van der Waals surface area contributed by atoms with Gasteiger partial charge in [0.05, 0.1) is 18.8 Å². The Balaban J connectivity index is 1.71. The molecular weight excluding hydrogens is 370 g/mol. The van der Waals surface area contributed by atoms with Gasteiger partial charge in [0.2, 0.25) is 5.91 Å². The fraction of sp³-hybridized carbons (Fsp3) is 0.571. The highest BCUT2D eigenvalue weighted by Gasteiger charge is 2.19. The molecule has 0 radical (unpaired) electrons. The van der Waals surface area contributed by atoms with Gasteiger partial charge in [0, 0.05) is 6.04 Å². The van der Waals surface area contributed by atoms with Crippen molar-refractivity contribution in [2.75, 3.05) is 18.8 Å². The van der Waals surface area contributed by atoms with Crippen molar-refractivity contribution >= 4 is 17.7 Å². The molecule has 0 saturated carbocycles. The molecule has 1 aromatic carbocycles. The lowest BCUT2D eigenvalue weighted by atomic mass is 10.1. The van der Waals surface area contributed by atoms with E-state index in [1.807, 2.05) is 13.0 Å².